The van der Waals surface area contributed by atoms with E-state index in [0.717, 1.165) is 6.07 Å². The lowest BCUT2D eigenvalue weighted by Crippen LogP contribution is -2.40. The number of aliphatic imine (C=N–C) groups is 1. The van der Waals surface area contributed by atoms with Gasteiger partial charge in [0.1, 0.15) is 11.6 Å². The zero-order valence-electron chi connectivity index (χ0n) is 11.1. The number of nitrogens with two attached hydrogens (primary N) is 1. The van der Waals surface area contributed by atoms with Crippen molar-refractivity contribution in [2.75, 3.05) is 20.3 Å². The summed E-state index contributed by atoms with van der Waals surface area (Å²) in [5.41, 5.74) is 6.22. The number of benzene rings is 1. The highest BCUT2D eigenvalue weighted by Gasteiger charge is 2.02. The first-order valence-electron chi connectivity index (χ1n) is 6.01. The quantitative estimate of drug-likeness (QED) is 0.608. The normalized spacial score (nSPS) is 13.4. The lowest BCUT2D eigenvalue weighted by molar-refractivity contribution is 0.179. The molecule has 4 nitrogen and oxygen atoms in total. The van der Waals surface area contributed by atoms with Gasteiger partial charge in [-0.05, 0) is 31.0 Å². The van der Waals surface area contributed by atoms with Crippen molar-refractivity contribution in [2.24, 2.45) is 10.7 Å². The number of methoxy groups -OCH3 is 1. The Morgan fingerprint density at radius 1 is 1.37 bits per heavy atom. The maximum atomic E-state index is 12.9. The van der Waals surface area contributed by atoms with Crippen LogP contribution in [0.2, 0.25) is 0 Å². The minimum atomic E-state index is -0.584. The summed E-state index contributed by atoms with van der Waals surface area (Å²) in [4.78, 5) is 4.08. The molecule has 0 aromatic heterocycles. The van der Waals surface area contributed by atoms with Gasteiger partial charge in [-0.25, -0.2) is 8.78 Å². The molecule has 0 aliphatic carbocycles. The largest absolute Gasteiger partial charge is 0.383 e. The van der Waals surface area contributed by atoms with E-state index in [4.69, 9.17) is 10.5 Å². The van der Waals surface area contributed by atoms with Crippen LogP contribution in [0.1, 0.15) is 12.5 Å². The van der Waals surface area contributed by atoms with Gasteiger partial charge in [0.2, 0.25) is 0 Å². The molecule has 19 heavy (non-hydrogen) atoms. The number of nitrogens with one attached hydrogen (secondary N) is 1. The zero-order valence-corrected chi connectivity index (χ0v) is 11.1. The van der Waals surface area contributed by atoms with Crippen LogP contribution < -0.4 is 11.1 Å². The maximum absolute atomic E-state index is 12.9. The number of nitrogens with zero attached hydrogens (tertiary/aromatic N) is 1. The van der Waals surface area contributed by atoms with E-state index in [1.165, 1.54) is 12.1 Å². The first-order chi connectivity index (χ1) is 9.01. The molecule has 0 amide bonds. The molecule has 0 saturated heterocycles. The van der Waals surface area contributed by atoms with Crippen molar-refractivity contribution in [1.29, 1.82) is 0 Å². The molecule has 1 rings (SSSR count). The summed E-state index contributed by atoms with van der Waals surface area (Å²) in [6.45, 7) is 2.79. The fourth-order valence-corrected chi connectivity index (χ4v) is 1.65. The summed E-state index contributed by atoms with van der Waals surface area (Å²) in [7, 11) is 1.60. The van der Waals surface area contributed by atoms with Crippen LogP contribution in [0.25, 0.3) is 0 Å². The predicted octanol–water partition coefficient (Wildman–Crippen LogP) is 1.45. The Morgan fingerprint density at radius 3 is 2.58 bits per heavy atom. The molecule has 1 unspecified atom stereocenters. The monoisotopic (exact) mass is 271 g/mol. The highest BCUT2D eigenvalue weighted by Crippen LogP contribution is 2.08. The minimum Gasteiger partial charge on any atom is -0.383 e. The molecule has 3 N–H and O–H groups in total. The van der Waals surface area contributed by atoms with Crippen LogP contribution >= 0.6 is 0 Å². The van der Waals surface area contributed by atoms with E-state index in [1.54, 1.807) is 7.11 Å². The molecule has 1 atom stereocenters. The number of rotatable bonds is 6. The molecular weight excluding hydrogens is 252 g/mol. The standard InChI is InChI=1S/C13H19F2N3O/c1-9(8-19-2)18-13(16)17-4-3-10-5-11(14)7-12(15)6-10/h5-7,9H,3-4,8H2,1-2H3,(H3,16,17,18). The molecule has 1 aromatic carbocycles. The van der Waals surface area contributed by atoms with Gasteiger partial charge in [0.05, 0.1) is 6.61 Å². The van der Waals surface area contributed by atoms with Crippen LogP contribution in [0.4, 0.5) is 8.78 Å². The smallest absolute Gasteiger partial charge is 0.188 e. The third-order valence-electron chi connectivity index (χ3n) is 2.42. The van der Waals surface area contributed by atoms with Crippen molar-refractivity contribution in [2.45, 2.75) is 19.4 Å². The first kappa shape index (κ1) is 15.4. The van der Waals surface area contributed by atoms with Crippen molar-refractivity contribution in [3.63, 3.8) is 0 Å². The molecule has 0 bridgehead atoms. The molecule has 0 aliphatic heterocycles. The third kappa shape index (κ3) is 6.15. The van der Waals surface area contributed by atoms with Gasteiger partial charge in [0, 0.05) is 25.8 Å². The van der Waals surface area contributed by atoms with E-state index >= 15 is 0 Å². The van der Waals surface area contributed by atoms with Crippen molar-refractivity contribution in [3.05, 3.63) is 35.4 Å². The molecule has 0 spiro atoms. The Kier molecular flexibility index (Phi) is 6.21. The van der Waals surface area contributed by atoms with E-state index in [-0.39, 0.29) is 6.04 Å². The molecular formula is C13H19F2N3O. The average molecular weight is 271 g/mol. The number of hydrogen-bond acceptors (Lipinski definition) is 2. The Bertz CT molecular complexity index is 418. The highest BCUT2D eigenvalue weighted by molar-refractivity contribution is 5.78. The number of halogens is 2. The molecule has 0 radical (unpaired) electrons. The van der Waals surface area contributed by atoms with Gasteiger partial charge in [-0.2, -0.15) is 0 Å². The molecule has 106 valence electrons. The molecule has 1 aromatic rings. The Hall–Kier alpha value is -1.69. The fraction of sp³-hybridized carbons (Fsp3) is 0.462. The third-order valence-corrected chi connectivity index (χ3v) is 2.42. The topological polar surface area (TPSA) is 59.6 Å². The van der Waals surface area contributed by atoms with Crippen molar-refractivity contribution in [1.82, 2.24) is 5.32 Å². The second-order valence-electron chi connectivity index (χ2n) is 4.30. The van der Waals surface area contributed by atoms with Crippen molar-refractivity contribution < 1.29 is 13.5 Å². The van der Waals surface area contributed by atoms with E-state index in [9.17, 15) is 8.78 Å². The first-order valence-corrected chi connectivity index (χ1v) is 6.01. The average Bonchev–Trinajstić information content (AvgIpc) is 2.27. The van der Waals surface area contributed by atoms with E-state index in [1.807, 2.05) is 6.92 Å². The van der Waals surface area contributed by atoms with Gasteiger partial charge in [0.15, 0.2) is 5.96 Å². The van der Waals surface area contributed by atoms with Gasteiger partial charge in [0.25, 0.3) is 0 Å². The van der Waals surface area contributed by atoms with Crippen LogP contribution in [0.15, 0.2) is 23.2 Å². The summed E-state index contributed by atoms with van der Waals surface area (Å²) in [5.74, 6) is -0.876. The molecule has 0 heterocycles. The highest BCUT2D eigenvalue weighted by atomic mass is 19.1. The van der Waals surface area contributed by atoms with Crippen molar-refractivity contribution in [3.8, 4) is 0 Å². The van der Waals surface area contributed by atoms with Gasteiger partial charge < -0.3 is 15.8 Å². The van der Waals surface area contributed by atoms with E-state index in [0.29, 0.717) is 31.1 Å². The number of ether oxygens (including phenoxy) is 1. The lowest BCUT2D eigenvalue weighted by Gasteiger charge is -2.12. The zero-order chi connectivity index (χ0) is 14.3. The van der Waals surface area contributed by atoms with Crippen LogP contribution in [0, 0.1) is 11.6 Å². The summed E-state index contributed by atoms with van der Waals surface area (Å²) < 4.78 is 30.8. The maximum Gasteiger partial charge on any atom is 0.188 e. The molecule has 0 saturated carbocycles. The van der Waals surface area contributed by atoms with Crippen LogP contribution in [-0.2, 0) is 11.2 Å². The van der Waals surface area contributed by atoms with Gasteiger partial charge in [-0.15, -0.1) is 0 Å². The number of hydrogen-bond donors (Lipinski definition) is 2. The number of guanidine groups is 1. The second kappa shape index (κ2) is 7.68. The van der Waals surface area contributed by atoms with Crippen LogP contribution in [0.5, 0.6) is 0 Å². The Morgan fingerprint density at radius 2 is 2.00 bits per heavy atom. The van der Waals surface area contributed by atoms with Crippen LogP contribution in [-0.4, -0.2) is 32.3 Å². The summed E-state index contributed by atoms with van der Waals surface area (Å²) in [5, 5.41) is 2.94. The minimum absolute atomic E-state index is 0.0559. The SMILES string of the molecule is COCC(C)NC(N)=NCCc1cc(F)cc(F)c1. The van der Waals surface area contributed by atoms with Crippen molar-refractivity contribution >= 4 is 5.96 Å². The summed E-state index contributed by atoms with van der Waals surface area (Å²) >= 11 is 0. The Balaban J connectivity index is 2.43. The molecule has 6 heteroatoms. The lowest BCUT2D eigenvalue weighted by atomic mass is 10.1. The second-order valence-corrected chi connectivity index (χ2v) is 4.30. The summed E-state index contributed by atoms with van der Waals surface area (Å²) in [6.07, 6.45) is 0.426. The fourth-order valence-electron chi connectivity index (χ4n) is 1.65. The van der Waals surface area contributed by atoms with Gasteiger partial charge >= 0.3 is 0 Å². The Labute approximate surface area is 111 Å². The summed E-state index contributed by atoms with van der Waals surface area (Å²) in [6, 6.07) is 3.47. The van der Waals surface area contributed by atoms with Crippen LogP contribution in [0.3, 0.4) is 0 Å². The van der Waals surface area contributed by atoms with E-state index < -0.39 is 11.6 Å². The molecule has 0 fully saturated rings. The van der Waals surface area contributed by atoms with E-state index in [2.05, 4.69) is 10.3 Å². The predicted molar refractivity (Wildman–Crippen MR) is 71.0 cm³/mol. The van der Waals surface area contributed by atoms with Gasteiger partial charge in [-0.1, -0.05) is 0 Å². The molecule has 0 aliphatic rings. The van der Waals surface area contributed by atoms with Gasteiger partial charge in [-0.3, -0.25) is 4.99 Å².